The van der Waals surface area contributed by atoms with Crippen LogP contribution < -0.4 is 5.73 Å². The summed E-state index contributed by atoms with van der Waals surface area (Å²) in [5, 5.41) is 1.18. The van der Waals surface area contributed by atoms with E-state index in [2.05, 4.69) is 31.0 Å². The van der Waals surface area contributed by atoms with Crippen molar-refractivity contribution in [2.75, 3.05) is 0 Å². The molecule has 2 unspecified atom stereocenters. The Kier molecular flexibility index (Phi) is 2.23. The maximum atomic E-state index is 6.33. The molecule has 0 amide bonds. The fourth-order valence-corrected chi connectivity index (χ4v) is 2.62. The summed E-state index contributed by atoms with van der Waals surface area (Å²) in [5.41, 5.74) is 8.94. The minimum atomic E-state index is 0.127. The summed E-state index contributed by atoms with van der Waals surface area (Å²) in [4.78, 5) is 4.48. The highest BCUT2D eigenvalue weighted by Crippen LogP contribution is 2.56. The van der Waals surface area contributed by atoms with E-state index in [1.807, 2.05) is 24.4 Å². The lowest BCUT2D eigenvalue weighted by Crippen LogP contribution is -2.15. The first-order valence-electron chi connectivity index (χ1n) is 6.18. The highest BCUT2D eigenvalue weighted by Gasteiger charge is 2.49. The van der Waals surface area contributed by atoms with E-state index in [1.165, 1.54) is 17.4 Å². The van der Waals surface area contributed by atoms with Gasteiger partial charge in [0.05, 0.1) is 5.52 Å². The topological polar surface area (TPSA) is 38.9 Å². The van der Waals surface area contributed by atoms with Crippen molar-refractivity contribution >= 4 is 10.9 Å². The molecular weight excluding hydrogens is 208 g/mol. The number of nitrogens with two attached hydrogens (primary N) is 1. The molecule has 1 aliphatic carbocycles. The summed E-state index contributed by atoms with van der Waals surface area (Å²) < 4.78 is 0. The Bertz CT molecular complexity index is 560. The highest BCUT2D eigenvalue weighted by molar-refractivity contribution is 5.78. The van der Waals surface area contributed by atoms with Gasteiger partial charge in [-0.2, -0.15) is 0 Å². The zero-order valence-corrected chi connectivity index (χ0v) is 10.4. The normalized spacial score (nSPS) is 23.6. The number of pyridine rings is 1. The van der Waals surface area contributed by atoms with Crippen molar-refractivity contribution in [2.24, 2.45) is 17.1 Å². The van der Waals surface area contributed by atoms with E-state index in [0.29, 0.717) is 11.3 Å². The van der Waals surface area contributed by atoms with Crippen LogP contribution in [0.15, 0.2) is 36.5 Å². The zero-order chi connectivity index (χ0) is 12.0. The minimum absolute atomic E-state index is 0.127. The molecule has 2 nitrogen and oxygen atoms in total. The second-order valence-electron chi connectivity index (χ2n) is 5.79. The van der Waals surface area contributed by atoms with Gasteiger partial charge in [0.15, 0.2) is 0 Å². The second-order valence-corrected chi connectivity index (χ2v) is 5.79. The fraction of sp³-hybridized carbons (Fsp3) is 0.400. The van der Waals surface area contributed by atoms with Crippen molar-refractivity contribution in [1.82, 2.24) is 4.98 Å². The van der Waals surface area contributed by atoms with Crippen LogP contribution in [0.5, 0.6) is 0 Å². The smallest absolute Gasteiger partial charge is 0.0702 e. The Balaban J connectivity index is 1.96. The van der Waals surface area contributed by atoms with Gasteiger partial charge in [0.1, 0.15) is 0 Å². The largest absolute Gasteiger partial charge is 0.324 e. The van der Waals surface area contributed by atoms with Crippen molar-refractivity contribution in [2.45, 2.75) is 26.3 Å². The first-order valence-corrected chi connectivity index (χ1v) is 6.18. The molecule has 1 fully saturated rings. The zero-order valence-electron chi connectivity index (χ0n) is 10.4. The summed E-state index contributed by atoms with van der Waals surface area (Å²) in [6, 6.07) is 10.5. The molecule has 0 bridgehead atoms. The van der Waals surface area contributed by atoms with Crippen molar-refractivity contribution in [1.29, 1.82) is 0 Å². The van der Waals surface area contributed by atoms with Crippen LogP contribution in [0.4, 0.5) is 0 Å². The first-order chi connectivity index (χ1) is 8.08. The number of para-hydroxylation sites is 1. The quantitative estimate of drug-likeness (QED) is 0.853. The van der Waals surface area contributed by atoms with E-state index in [9.17, 15) is 0 Å². The van der Waals surface area contributed by atoms with Crippen LogP contribution in [0, 0.1) is 11.3 Å². The lowest BCUT2D eigenvalue weighted by Gasteiger charge is -2.14. The standard InChI is InChI=1S/C15H18N2/c1-15(2)8-12(15)14(16)11-7-10-5-3-4-6-13(10)17-9-11/h3-7,9,12,14H,8,16H2,1-2H3. The first kappa shape index (κ1) is 10.7. The van der Waals surface area contributed by atoms with Gasteiger partial charge in [0, 0.05) is 17.6 Å². The molecule has 2 heteroatoms. The van der Waals surface area contributed by atoms with Crippen LogP contribution in [0.25, 0.3) is 10.9 Å². The molecule has 2 atom stereocenters. The lowest BCUT2D eigenvalue weighted by molar-refractivity contribution is 0.491. The molecule has 3 rings (SSSR count). The number of fused-ring (bicyclic) bond motifs is 1. The predicted molar refractivity (Wildman–Crippen MR) is 70.6 cm³/mol. The summed E-state index contributed by atoms with van der Waals surface area (Å²) in [6.45, 7) is 4.57. The van der Waals surface area contributed by atoms with E-state index < -0.39 is 0 Å². The van der Waals surface area contributed by atoms with Gasteiger partial charge in [-0.25, -0.2) is 0 Å². The predicted octanol–water partition coefficient (Wildman–Crippen LogP) is 3.28. The molecule has 0 aliphatic heterocycles. The molecule has 0 saturated heterocycles. The average molecular weight is 226 g/mol. The molecule has 0 spiro atoms. The number of aromatic nitrogens is 1. The van der Waals surface area contributed by atoms with Crippen LogP contribution in [0.2, 0.25) is 0 Å². The van der Waals surface area contributed by atoms with E-state index in [4.69, 9.17) is 5.73 Å². The Morgan fingerprint density at radius 2 is 2.06 bits per heavy atom. The van der Waals surface area contributed by atoms with Gasteiger partial charge in [0.25, 0.3) is 0 Å². The Labute approximate surface area is 102 Å². The van der Waals surface area contributed by atoms with Gasteiger partial charge in [0.2, 0.25) is 0 Å². The lowest BCUT2D eigenvalue weighted by atomic mass is 9.98. The molecule has 1 aromatic carbocycles. The fourth-order valence-electron chi connectivity index (χ4n) is 2.62. The van der Waals surface area contributed by atoms with Crippen LogP contribution in [0.1, 0.15) is 31.9 Å². The number of rotatable bonds is 2. The Morgan fingerprint density at radius 1 is 1.35 bits per heavy atom. The third-order valence-electron chi connectivity index (χ3n) is 4.02. The maximum Gasteiger partial charge on any atom is 0.0702 e. The molecule has 1 heterocycles. The van der Waals surface area contributed by atoms with Gasteiger partial charge < -0.3 is 5.73 Å². The van der Waals surface area contributed by atoms with Crippen LogP contribution in [0.3, 0.4) is 0 Å². The Hall–Kier alpha value is -1.41. The van der Waals surface area contributed by atoms with Gasteiger partial charge in [-0.15, -0.1) is 0 Å². The summed E-state index contributed by atoms with van der Waals surface area (Å²) in [6.07, 6.45) is 3.16. The molecule has 2 aromatic rings. The van der Waals surface area contributed by atoms with Crippen molar-refractivity contribution in [3.05, 3.63) is 42.1 Å². The molecule has 1 aliphatic rings. The molecule has 1 saturated carbocycles. The number of benzene rings is 1. The van der Waals surface area contributed by atoms with Crippen LogP contribution >= 0.6 is 0 Å². The van der Waals surface area contributed by atoms with E-state index in [0.717, 1.165) is 5.52 Å². The van der Waals surface area contributed by atoms with Gasteiger partial charge in [-0.3, -0.25) is 4.98 Å². The third kappa shape index (κ3) is 1.83. The summed E-state index contributed by atoms with van der Waals surface area (Å²) in [7, 11) is 0. The Morgan fingerprint density at radius 3 is 2.76 bits per heavy atom. The summed E-state index contributed by atoms with van der Waals surface area (Å²) >= 11 is 0. The molecule has 2 N–H and O–H groups in total. The van der Waals surface area contributed by atoms with Crippen molar-refractivity contribution in [3.8, 4) is 0 Å². The molecular formula is C15H18N2. The minimum Gasteiger partial charge on any atom is -0.324 e. The monoisotopic (exact) mass is 226 g/mol. The number of hydrogen-bond acceptors (Lipinski definition) is 2. The molecule has 0 radical (unpaired) electrons. The van der Waals surface area contributed by atoms with E-state index in [-0.39, 0.29) is 6.04 Å². The number of nitrogens with zero attached hydrogens (tertiary/aromatic N) is 1. The molecule has 88 valence electrons. The van der Waals surface area contributed by atoms with Crippen molar-refractivity contribution in [3.63, 3.8) is 0 Å². The maximum absolute atomic E-state index is 6.33. The van der Waals surface area contributed by atoms with Crippen LogP contribution in [-0.2, 0) is 0 Å². The summed E-state index contributed by atoms with van der Waals surface area (Å²) in [5.74, 6) is 0.602. The van der Waals surface area contributed by atoms with E-state index >= 15 is 0 Å². The van der Waals surface area contributed by atoms with Gasteiger partial charge >= 0.3 is 0 Å². The molecule has 1 aromatic heterocycles. The van der Waals surface area contributed by atoms with Gasteiger partial charge in [-0.05, 0) is 35.4 Å². The average Bonchev–Trinajstić information content (AvgIpc) is 2.97. The second kappa shape index (κ2) is 3.54. The van der Waals surface area contributed by atoms with E-state index in [1.54, 1.807) is 0 Å². The van der Waals surface area contributed by atoms with Gasteiger partial charge in [-0.1, -0.05) is 32.0 Å². The SMILES string of the molecule is CC1(C)CC1C(N)c1cnc2ccccc2c1. The third-order valence-corrected chi connectivity index (χ3v) is 4.02. The van der Waals surface area contributed by atoms with Crippen molar-refractivity contribution < 1.29 is 0 Å². The highest BCUT2D eigenvalue weighted by atomic mass is 14.8. The van der Waals surface area contributed by atoms with Crippen LogP contribution in [-0.4, -0.2) is 4.98 Å². The molecule has 17 heavy (non-hydrogen) atoms. The number of hydrogen-bond donors (Lipinski definition) is 1.